The van der Waals surface area contributed by atoms with E-state index >= 15 is 0 Å². The Labute approximate surface area is 109 Å². The van der Waals surface area contributed by atoms with Gasteiger partial charge in [0.2, 0.25) is 0 Å². The first-order valence-electron chi connectivity index (χ1n) is 5.82. The maximum absolute atomic E-state index is 12.8. The molecule has 1 N–H and O–H groups in total. The maximum Gasteiger partial charge on any atom is 0.392 e. The van der Waals surface area contributed by atoms with Crippen molar-refractivity contribution in [2.75, 3.05) is 0 Å². The molecule has 0 aliphatic rings. The monoisotopic (exact) mass is 266 g/mol. The van der Waals surface area contributed by atoms with Gasteiger partial charge in [-0.15, -0.1) is 0 Å². The summed E-state index contributed by atoms with van der Waals surface area (Å²) in [5, 5.41) is 10.6. The molecule has 0 fully saturated rings. The van der Waals surface area contributed by atoms with Crippen LogP contribution in [0.5, 0.6) is 0 Å². The van der Waals surface area contributed by atoms with Gasteiger partial charge in [0.15, 0.2) is 0 Å². The SMILES string of the molecule is OC(CC(F)(F)F)(c1ccccc1)c1ccccc1. The predicted molar refractivity (Wildman–Crippen MR) is 66.6 cm³/mol. The highest BCUT2D eigenvalue weighted by Gasteiger charge is 2.43. The first kappa shape index (κ1) is 13.6. The third kappa shape index (κ3) is 3.15. The van der Waals surface area contributed by atoms with Crippen LogP contribution in [0.1, 0.15) is 17.5 Å². The van der Waals surface area contributed by atoms with Crippen LogP contribution in [0.25, 0.3) is 0 Å². The van der Waals surface area contributed by atoms with Gasteiger partial charge in [-0.2, -0.15) is 13.2 Å². The molecule has 19 heavy (non-hydrogen) atoms. The standard InChI is InChI=1S/C15H13F3O/c16-15(17,18)11-14(19,12-7-3-1-4-8-12)13-9-5-2-6-10-13/h1-10,19H,11H2. The third-order valence-electron chi connectivity index (χ3n) is 2.96. The van der Waals surface area contributed by atoms with E-state index in [-0.39, 0.29) is 11.1 Å². The third-order valence-corrected chi connectivity index (χ3v) is 2.96. The van der Waals surface area contributed by atoms with Crippen LogP contribution in [0.15, 0.2) is 60.7 Å². The molecule has 100 valence electrons. The first-order valence-corrected chi connectivity index (χ1v) is 5.82. The number of hydrogen-bond donors (Lipinski definition) is 1. The quantitative estimate of drug-likeness (QED) is 0.894. The Kier molecular flexibility index (Phi) is 3.62. The van der Waals surface area contributed by atoms with Crippen molar-refractivity contribution in [3.8, 4) is 0 Å². The summed E-state index contributed by atoms with van der Waals surface area (Å²) in [4.78, 5) is 0. The highest BCUT2D eigenvalue weighted by molar-refractivity contribution is 5.36. The normalized spacial score (nSPS) is 12.4. The Hall–Kier alpha value is -1.81. The predicted octanol–water partition coefficient (Wildman–Crippen LogP) is 3.87. The summed E-state index contributed by atoms with van der Waals surface area (Å²) in [6, 6.07) is 15.8. The van der Waals surface area contributed by atoms with Crippen molar-refractivity contribution >= 4 is 0 Å². The van der Waals surface area contributed by atoms with Crippen LogP contribution in [0.4, 0.5) is 13.2 Å². The van der Waals surface area contributed by atoms with E-state index in [9.17, 15) is 18.3 Å². The number of halogens is 3. The molecule has 0 atom stereocenters. The molecule has 0 radical (unpaired) electrons. The van der Waals surface area contributed by atoms with Gasteiger partial charge in [-0.25, -0.2) is 0 Å². The average molecular weight is 266 g/mol. The van der Waals surface area contributed by atoms with Crippen LogP contribution in [0.2, 0.25) is 0 Å². The second-order valence-electron chi connectivity index (χ2n) is 4.38. The second kappa shape index (κ2) is 5.05. The number of rotatable bonds is 3. The molecule has 2 aromatic carbocycles. The summed E-state index contributed by atoms with van der Waals surface area (Å²) in [7, 11) is 0. The Morgan fingerprint density at radius 2 is 1.11 bits per heavy atom. The van der Waals surface area contributed by atoms with Crippen molar-refractivity contribution < 1.29 is 18.3 Å². The number of alkyl halides is 3. The van der Waals surface area contributed by atoms with Gasteiger partial charge in [-0.3, -0.25) is 0 Å². The fraction of sp³-hybridized carbons (Fsp3) is 0.200. The minimum atomic E-state index is -4.46. The minimum absolute atomic E-state index is 0.235. The van der Waals surface area contributed by atoms with Crippen molar-refractivity contribution in [3.63, 3.8) is 0 Å². The minimum Gasteiger partial charge on any atom is -0.380 e. The first-order chi connectivity index (χ1) is 8.92. The van der Waals surface area contributed by atoms with Crippen molar-refractivity contribution in [1.82, 2.24) is 0 Å². The highest BCUT2D eigenvalue weighted by Crippen LogP contribution is 2.39. The average Bonchev–Trinajstić information content (AvgIpc) is 2.39. The Bertz CT molecular complexity index is 481. The van der Waals surface area contributed by atoms with Gasteiger partial charge in [-0.05, 0) is 11.1 Å². The van der Waals surface area contributed by atoms with Crippen LogP contribution in [0, 0.1) is 0 Å². The second-order valence-corrected chi connectivity index (χ2v) is 4.38. The Morgan fingerprint density at radius 1 is 0.737 bits per heavy atom. The molecule has 0 amide bonds. The number of hydrogen-bond acceptors (Lipinski definition) is 1. The van der Waals surface area contributed by atoms with E-state index in [0.29, 0.717) is 0 Å². The van der Waals surface area contributed by atoms with Crippen molar-refractivity contribution in [3.05, 3.63) is 71.8 Å². The Morgan fingerprint density at radius 3 is 1.42 bits per heavy atom. The zero-order chi connectivity index (χ0) is 13.9. The lowest BCUT2D eigenvalue weighted by molar-refractivity contribution is -0.169. The maximum atomic E-state index is 12.8. The van der Waals surface area contributed by atoms with E-state index in [1.807, 2.05) is 0 Å². The van der Waals surface area contributed by atoms with Gasteiger partial charge >= 0.3 is 6.18 Å². The highest BCUT2D eigenvalue weighted by atomic mass is 19.4. The number of benzene rings is 2. The van der Waals surface area contributed by atoms with Gasteiger partial charge in [0.25, 0.3) is 0 Å². The molecule has 4 heteroatoms. The van der Waals surface area contributed by atoms with Crippen LogP contribution in [0.3, 0.4) is 0 Å². The molecule has 2 rings (SSSR count). The molecule has 2 aromatic rings. The molecule has 1 nitrogen and oxygen atoms in total. The van der Waals surface area contributed by atoms with Crippen molar-refractivity contribution in [2.45, 2.75) is 18.2 Å². The summed E-state index contributed by atoms with van der Waals surface area (Å²) in [6.45, 7) is 0. The summed E-state index contributed by atoms with van der Waals surface area (Å²) in [5.74, 6) is 0. The largest absolute Gasteiger partial charge is 0.392 e. The molecule has 0 saturated heterocycles. The van der Waals surface area contributed by atoms with Gasteiger partial charge in [0, 0.05) is 0 Å². The molecular weight excluding hydrogens is 253 g/mol. The summed E-state index contributed by atoms with van der Waals surface area (Å²) in [6.07, 6.45) is -5.77. The van der Waals surface area contributed by atoms with Gasteiger partial charge < -0.3 is 5.11 Å². The lowest BCUT2D eigenvalue weighted by Gasteiger charge is -2.30. The van der Waals surface area contributed by atoms with Crippen LogP contribution < -0.4 is 0 Å². The molecule has 0 unspecified atom stereocenters. The van der Waals surface area contributed by atoms with Crippen LogP contribution in [-0.4, -0.2) is 11.3 Å². The summed E-state index contributed by atoms with van der Waals surface area (Å²) >= 11 is 0. The van der Waals surface area contributed by atoms with E-state index < -0.39 is 18.2 Å². The molecule has 0 saturated carbocycles. The van der Waals surface area contributed by atoms with Gasteiger partial charge in [0.1, 0.15) is 5.60 Å². The lowest BCUT2D eigenvalue weighted by atomic mass is 9.83. The summed E-state index contributed by atoms with van der Waals surface area (Å²) in [5.41, 5.74) is -1.59. The number of aliphatic hydroxyl groups is 1. The molecule has 0 aliphatic heterocycles. The van der Waals surface area contributed by atoms with Crippen molar-refractivity contribution in [1.29, 1.82) is 0 Å². The Balaban J connectivity index is 2.51. The van der Waals surface area contributed by atoms with E-state index in [4.69, 9.17) is 0 Å². The van der Waals surface area contributed by atoms with E-state index in [0.717, 1.165) is 0 Å². The molecule has 0 bridgehead atoms. The van der Waals surface area contributed by atoms with Crippen LogP contribution >= 0.6 is 0 Å². The molecule has 0 heterocycles. The fourth-order valence-electron chi connectivity index (χ4n) is 2.09. The zero-order valence-electron chi connectivity index (χ0n) is 10.1. The molecule has 0 spiro atoms. The lowest BCUT2D eigenvalue weighted by Crippen LogP contribution is -2.33. The van der Waals surface area contributed by atoms with Gasteiger partial charge in [-0.1, -0.05) is 60.7 Å². The van der Waals surface area contributed by atoms with Gasteiger partial charge in [0.05, 0.1) is 6.42 Å². The smallest absolute Gasteiger partial charge is 0.380 e. The van der Waals surface area contributed by atoms with E-state index in [2.05, 4.69) is 0 Å². The van der Waals surface area contributed by atoms with Crippen LogP contribution in [-0.2, 0) is 5.60 Å². The molecule has 0 aromatic heterocycles. The van der Waals surface area contributed by atoms with Crippen molar-refractivity contribution in [2.24, 2.45) is 0 Å². The summed E-state index contributed by atoms with van der Waals surface area (Å²) < 4.78 is 38.3. The van der Waals surface area contributed by atoms with E-state index in [1.54, 1.807) is 36.4 Å². The zero-order valence-corrected chi connectivity index (χ0v) is 10.1. The fourth-order valence-corrected chi connectivity index (χ4v) is 2.09. The topological polar surface area (TPSA) is 20.2 Å². The molecule has 0 aliphatic carbocycles. The van der Waals surface area contributed by atoms with E-state index in [1.165, 1.54) is 24.3 Å². The molecular formula is C15H13F3O.